The second-order valence-corrected chi connectivity index (χ2v) is 5.03. The van der Waals surface area contributed by atoms with Gasteiger partial charge in [-0.3, -0.25) is 4.79 Å². The number of nitrogens with two attached hydrogens (primary N) is 1. The Bertz CT molecular complexity index is 563. The fraction of sp³-hybridized carbons (Fsp3) is 0.235. The predicted molar refractivity (Wildman–Crippen MR) is 81.1 cm³/mol. The number of benzene rings is 2. The first-order valence-electron chi connectivity index (χ1n) is 6.75. The van der Waals surface area contributed by atoms with Crippen molar-refractivity contribution in [2.24, 2.45) is 5.73 Å². The molecule has 0 fully saturated rings. The van der Waals surface area contributed by atoms with E-state index in [9.17, 15) is 4.79 Å². The Labute approximate surface area is 119 Å². The number of rotatable bonds is 4. The minimum atomic E-state index is -0.635. The van der Waals surface area contributed by atoms with E-state index in [2.05, 4.69) is 5.32 Å². The van der Waals surface area contributed by atoms with Crippen LogP contribution in [0, 0.1) is 6.92 Å². The maximum absolute atomic E-state index is 12.2. The first kappa shape index (κ1) is 14.3. The van der Waals surface area contributed by atoms with Crippen LogP contribution in [-0.2, 0) is 4.79 Å². The molecule has 0 spiro atoms. The third-order valence-electron chi connectivity index (χ3n) is 3.38. The molecule has 0 bridgehead atoms. The molecule has 2 rings (SSSR count). The SMILES string of the molecule is Cc1ccc([C@H](C)NC(=O)C(N)c2ccccc2)cc1. The minimum absolute atomic E-state index is 0.0575. The molecular formula is C17H20N2O. The third-order valence-corrected chi connectivity index (χ3v) is 3.38. The first-order chi connectivity index (χ1) is 9.58. The zero-order chi connectivity index (χ0) is 14.5. The molecular weight excluding hydrogens is 248 g/mol. The number of hydrogen-bond donors (Lipinski definition) is 2. The summed E-state index contributed by atoms with van der Waals surface area (Å²) in [6, 6.07) is 16.8. The summed E-state index contributed by atoms with van der Waals surface area (Å²) < 4.78 is 0. The van der Waals surface area contributed by atoms with Gasteiger partial charge in [-0.25, -0.2) is 0 Å². The molecule has 0 aliphatic carbocycles. The monoisotopic (exact) mass is 268 g/mol. The molecule has 2 atom stereocenters. The highest BCUT2D eigenvalue weighted by Crippen LogP contribution is 2.15. The van der Waals surface area contributed by atoms with Crippen LogP contribution in [-0.4, -0.2) is 5.91 Å². The van der Waals surface area contributed by atoms with E-state index in [1.165, 1.54) is 5.56 Å². The van der Waals surface area contributed by atoms with Crippen LogP contribution in [0.25, 0.3) is 0 Å². The highest BCUT2D eigenvalue weighted by molar-refractivity contribution is 5.83. The van der Waals surface area contributed by atoms with Crippen molar-refractivity contribution in [3.8, 4) is 0 Å². The fourth-order valence-electron chi connectivity index (χ4n) is 2.05. The lowest BCUT2D eigenvalue weighted by Gasteiger charge is -2.18. The van der Waals surface area contributed by atoms with Gasteiger partial charge in [0.25, 0.3) is 0 Å². The van der Waals surface area contributed by atoms with Gasteiger partial charge in [0.1, 0.15) is 6.04 Å². The number of nitrogens with one attached hydrogen (secondary N) is 1. The van der Waals surface area contributed by atoms with Crippen LogP contribution in [0.15, 0.2) is 54.6 Å². The molecule has 20 heavy (non-hydrogen) atoms. The van der Waals surface area contributed by atoms with Gasteiger partial charge in [0, 0.05) is 0 Å². The number of aryl methyl sites for hydroxylation is 1. The number of hydrogen-bond acceptors (Lipinski definition) is 2. The molecule has 1 unspecified atom stereocenters. The van der Waals surface area contributed by atoms with E-state index < -0.39 is 6.04 Å². The molecule has 3 N–H and O–H groups in total. The highest BCUT2D eigenvalue weighted by atomic mass is 16.2. The van der Waals surface area contributed by atoms with Gasteiger partial charge < -0.3 is 11.1 Å². The first-order valence-corrected chi connectivity index (χ1v) is 6.75. The van der Waals surface area contributed by atoms with Crippen molar-refractivity contribution in [3.63, 3.8) is 0 Å². The highest BCUT2D eigenvalue weighted by Gasteiger charge is 2.17. The van der Waals surface area contributed by atoms with Crippen LogP contribution < -0.4 is 11.1 Å². The molecule has 3 nitrogen and oxygen atoms in total. The summed E-state index contributed by atoms with van der Waals surface area (Å²) in [4.78, 5) is 12.2. The van der Waals surface area contributed by atoms with Crippen molar-refractivity contribution in [2.75, 3.05) is 0 Å². The van der Waals surface area contributed by atoms with Crippen LogP contribution in [0.2, 0.25) is 0 Å². The molecule has 0 radical (unpaired) electrons. The minimum Gasteiger partial charge on any atom is -0.348 e. The van der Waals surface area contributed by atoms with Gasteiger partial charge in [-0.1, -0.05) is 60.2 Å². The average Bonchev–Trinajstić information content (AvgIpc) is 2.48. The molecule has 1 amide bonds. The van der Waals surface area contributed by atoms with Crippen molar-refractivity contribution >= 4 is 5.91 Å². The average molecular weight is 268 g/mol. The van der Waals surface area contributed by atoms with Crippen molar-refractivity contribution in [1.82, 2.24) is 5.32 Å². The lowest BCUT2D eigenvalue weighted by atomic mass is 10.0. The van der Waals surface area contributed by atoms with E-state index in [1.54, 1.807) is 0 Å². The van der Waals surface area contributed by atoms with E-state index >= 15 is 0 Å². The summed E-state index contributed by atoms with van der Waals surface area (Å²) in [6.45, 7) is 4.00. The van der Waals surface area contributed by atoms with Crippen molar-refractivity contribution in [3.05, 3.63) is 71.3 Å². The maximum atomic E-state index is 12.2. The Kier molecular flexibility index (Phi) is 4.53. The van der Waals surface area contributed by atoms with Gasteiger partial charge in [-0.2, -0.15) is 0 Å². The summed E-state index contributed by atoms with van der Waals surface area (Å²) in [5.74, 6) is -0.163. The standard InChI is InChI=1S/C17H20N2O/c1-12-8-10-14(11-9-12)13(2)19-17(20)16(18)15-6-4-3-5-7-15/h3-11,13,16H,18H2,1-2H3,(H,19,20)/t13-,16?/m0/s1. The van der Waals surface area contributed by atoms with Gasteiger partial charge in [0.2, 0.25) is 5.91 Å². The van der Waals surface area contributed by atoms with E-state index in [4.69, 9.17) is 5.73 Å². The van der Waals surface area contributed by atoms with Crippen LogP contribution >= 0.6 is 0 Å². The Morgan fingerprint density at radius 2 is 1.60 bits per heavy atom. The lowest BCUT2D eigenvalue weighted by Crippen LogP contribution is -2.35. The lowest BCUT2D eigenvalue weighted by molar-refractivity contribution is -0.123. The molecule has 0 aliphatic heterocycles. The summed E-state index contributed by atoms with van der Waals surface area (Å²) >= 11 is 0. The molecule has 0 saturated heterocycles. The fourth-order valence-corrected chi connectivity index (χ4v) is 2.05. The van der Waals surface area contributed by atoms with E-state index in [0.717, 1.165) is 11.1 Å². The molecule has 0 aromatic heterocycles. The van der Waals surface area contributed by atoms with Gasteiger partial charge >= 0.3 is 0 Å². The largest absolute Gasteiger partial charge is 0.348 e. The Morgan fingerprint density at radius 3 is 2.20 bits per heavy atom. The number of carbonyl (C=O) groups is 1. The van der Waals surface area contributed by atoms with Gasteiger partial charge in [0.15, 0.2) is 0 Å². The van der Waals surface area contributed by atoms with E-state index in [0.29, 0.717) is 0 Å². The second-order valence-electron chi connectivity index (χ2n) is 5.03. The smallest absolute Gasteiger partial charge is 0.241 e. The zero-order valence-electron chi connectivity index (χ0n) is 11.8. The van der Waals surface area contributed by atoms with Gasteiger partial charge in [0.05, 0.1) is 6.04 Å². The normalized spacial score (nSPS) is 13.6. The van der Waals surface area contributed by atoms with Crippen molar-refractivity contribution < 1.29 is 4.79 Å². The Balaban J connectivity index is 2.02. The Hall–Kier alpha value is -2.13. The van der Waals surface area contributed by atoms with E-state index in [1.807, 2.05) is 68.4 Å². The van der Waals surface area contributed by atoms with Crippen LogP contribution in [0.3, 0.4) is 0 Å². The van der Waals surface area contributed by atoms with Crippen molar-refractivity contribution in [1.29, 1.82) is 0 Å². The molecule has 0 heterocycles. The number of amides is 1. The van der Waals surface area contributed by atoms with Crippen LogP contribution in [0.4, 0.5) is 0 Å². The molecule has 0 saturated carbocycles. The third kappa shape index (κ3) is 3.45. The second kappa shape index (κ2) is 6.35. The molecule has 2 aromatic carbocycles. The summed E-state index contributed by atoms with van der Waals surface area (Å²) in [7, 11) is 0. The summed E-state index contributed by atoms with van der Waals surface area (Å²) in [6.07, 6.45) is 0. The van der Waals surface area contributed by atoms with Gasteiger partial charge in [-0.15, -0.1) is 0 Å². The quantitative estimate of drug-likeness (QED) is 0.896. The molecule has 0 aliphatic rings. The van der Waals surface area contributed by atoms with Gasteiger partial charge in [-0.05, 0) is 25.0 Å². The molecule has 2 aromatic rings. The predicted octanol–water partition coefficient (Wildman–Crippen LogP) is 2.87. The van der Waals surface area contributed by atoms with Crippen LogP contribution in [0.1, 0.15) is 35.7 Å². The molecule has 3 heteroatoms. The Morgan fingerprint density at radius 1 is 1.00 bits per heavy atom. The molecule has 104 valence electrons. The maximum Gasteiger partial charge on any atom is 0.241 e. The topological polar surface area (TPSA) is 55.1 Å². The van der Waals surface area contributed by atoms with Crippen LogP contribution in [0.5, 0.6) is 0 Å². The van der Waals surface area contributed by atoms with Crippen molar-refractivity contribution in [2.45, 2.75) is 25.9 Å². The number of carbonyl (C=O) groups excluding carboxylic acids is 1. The summed E-state index contributed by atoms with van der Waals surface area (Å²) in [5.41, 5.74) is 9.07. The summed E-state index contributed by atoms with van der Waals surface area (Å²) in [5, 5.41) is 2.95. The zero-order valence-corrected chi connectivity index (χ0v) is 11.8. The van der Waals surface area contributed by atoms with E-state index in [-0.39, 0.29) is 11.9 Å².